The van der Waals surface area contributed by atoms with Gasteiger partial charge in [-0.3, -0.25) is 0 Å². The van der Waals surface area contributed by atoms with E-state index in [1.807, 2.05) is 0 Å². The molecule has 0 aliphatic rings. The van der Waals surface area contributed by atoms with E-state index in [1.54, 1.807) is 0 Å². The highest BCUT2D eigenvalue weighted by Crippen LogP contribution is 1.98. The third-order valence-corrected chi connectivity index (χ3v) is 0.433. The molecular formula is C3H5Cl3O2. The summed E-state index contributed by atoms with van der Waals surface area (Å²) in [4.78, 5) is 9.71. The Morgan fingerprint density at radius 3 is 2.12 bits per heavy atom. The molecule has 0 saturated carbocycles. The zero-order chi connectivity index (χ0) is 5.86. The van der Waals surface area contributed by atoms with Crippen LogP contribution in [0, 0.1) is 0 Å². The Labute approximate surface area is 63.5 Å². The van der Waals surface area contributed by atoms with Crippen molar-refractivity contribution in [1.29, 1.82) is 0 Å². The topological polar surface area (TPSA) is 26.3 Å². The van der Waals surface area contributed by atoms with Gasteiger partial charge in [0, 0.05) is 11.6 Å². The van der Waals surface area contributed by atoms with Gasteiger partial charge in [-0.25, -0.2) is 4.79 Å². The van der Waals surface area contributed by atoms with Gasteiger partial charge < -0.3 is 4.74 Å². The molecule has 0 rings (SSSR count). The molecule has 1 unspecified atom stereocenters. The minimum atomic E-state index is -0.873. The quantitative estimate of drug-likeness (QED) is 0.456. The average Bonchev–Trinajstić information content (AvgIpc) is 1.27. The number of hydrogen-bond donors (Lipinski definition) is 0. The molecule has 8 heavy (non-hydrogen) atoms. The van der Waals surface area contributed by atoms with E-state index >= 15 is 0 Å². The molecule has 50 valence electrons. The van der Waals surface area contributed by atoms with E-state index in [9.17, 15) is 4.79 Å². The van der Waals surface area contributed by atoms with Crippen LogP contribution in [0.4, 0.5) is 4.79 Å². The van der Waals surface area contributed by atoms with Crippen molar-refractivity contribution in [2.45, 2.75) is 12.5 Å². The summed E-state index contributed by atoms with van der Waals surface area (Å²) in [6.07, 6.45) is 0. The fourth-order valence-corrected chi connectivity index (χ4v) is 0.388. The molecule has 0 aliphatic carbocycles. The van der Waals surface area contributed by atoms with Crippen molar-refractivity contribution < 1.29 is 9.53 Å². The number of hydrogen-bond acceptors (Lipinski definition) is 2. The van der Waals surface area contributed by atoms with Crippen LogP contribution < -0.4 is 0 Å². The van der Waals surface area contributed by atoms with E-state index in [1.165, 1.54) is 6.92 Å². The number of halogens is 3. The normalized spacial score (nSPS) is 11.4. The molecule has 0 spiro atoms. The zero-order valence-corrected chi connectivity index (χ0v) is 6.39. The maximum atomic E-state index is 9.71. The largest absolute Gasteiger partial charge is 0.434 e. The first-order chi connectivity index (χ1) is 3.13. The third kappa shape index (κ3) is 9.60. The van der Waals surface area contributed by atoms with Crippen molar-refractivity contribution in [3.63, 3.8) is 0 Å². The van der Waals surface area contributed by atoms with Gasteiger partial charge in [-0.1, -0.05) is 11.6 Å². The number of carbonyl (C=O) groups excluding carboxylic acids is 1. The third-order valence-electron chi connectivity index (χ3n) is 0.255. The molecule has 1 atom stereocenters. The molecule has 0 aromatic heterocycles. The molecule has 0 bridgehead atoms. The SMILES string of the molecule is CC(Cl)OC(=O)Cl.Cl. The molecule has 0 amide bonds. The Kier molecular flexibility index (Phi) is 7.65. The minimum absolute atomic E-state index is 0. The monoisotopic (exact) mass is 178 g/mol. The summed E-state index contributed by atoms with van der Waals surface area (Å²) in [6, 6.07) is 0. The molecule has 0 heterocycles. The maximum absolute atomic E-state index is 9.71. The molecule has 0 aromatic rings. The van der Waals surface area contributed by atoms with Crippen LogP contribution in [-0.2, 0) is 4.74 Å². The second-order valence-corrected chi connectivity index (χ2v) is 1.82. The van der Waals surface area contributed by atoms with Gasteiger partial charge in [0.1, 0.15) is 0 Å². The minimum Gasteiger partial charge on any atom is -0.434 e. The summed E-state index contributed by atoms with van der Waals surface area (Å²) >= 11 is 9.87. The Morgan fingerprint density at radius 2 is 2.12 bits per heavy atom. The van der Waals surface area contributed by atoms with Crippen LogP contribution in [0.25, 0.3) is 0 Å². The molecule has 0 aromatic carbocycles. The molecular weight excluding hydrogens is 174 g/mol. The van der Waals surface area contributed by atoms with Crippen LogP contribution in [0.15, 0.2) is 0 Å². The van der Waals surface area contributed by atoms with Crippen molar-refractivity contribution in [1.82, 2.24) is 0 Å². The van der Waals surface area contributed by atoms with E-state index in [4.69, 9.17) is 23.2 Å². The fraction of sp³-hybridized carbons (Fsp3) is 0.667. The smallest absolute Gasteiger partial charge is 0.405 e. The van der Waals surface area contributed by atoms with Crippen molar-refractivity contribution in [2.75, 3.05) is 0 Å². The standard InChI is InChI=1S/C3H4Cl2O2.ClH/c1-2(4)7-3(5)6;/h2H,1H3;1H. The van der Waals surface area contributed by atoms with E-state index < -0.39 is 11.0 Å². The first kappa shape index (κ1) is 11.2. The number of rotatable bonds is 1. The van der Waals surface area contributed by atoms with Crippen LogP contribution >= 0.6 is 35.6 Å². The molecule has 0 aliphatic heterocycles. The lowest BCUT2D eigenvalue weighted by molar-refractivity contribution is 0.166. The van der Waals surface area contributed by atoms with E-state index in [-0.39, 0.29) is 12.4 Å². The molecule has 0 N–H and O–H groups in total. The maximum Gasteiger partial charge on any atom is 0.405 e. The second-order valence-electron chi connectivity index (χ2n) is 0.898. The summed E-state index contributed by atoms with van der Waals surface area (Å²) in [5.74, 6) is 0. The second kappa shape index (κ2) is 5.48. The lowest BCUT2D eigenvalue weighted by atomic mass is 10.9. The lowest BCUT2D eigenvalue weighted by Gasteiger charge is -1.97. The Balaban J connectivity index is 0. The summed E-state index contributed by atoms with van der Waals surface area (Å²) in [6.45, 7) is 1.50. The van der Waals surface area contributed by atoms with Gasteiger partial charge in [0.2, 0.25) is 0 Å². The Morgan fingerprint density at radius 1 is 1.75 bits per heavy atom. The van der Waals surface area contributed by atoms with Gasteiger partial charge in [0.15, 0.2) is 5.56 Å². The highest BCUT2D eigenvalue weighted by molar-refractivity contribution is 6.61. The summed E-state index contributed by atoms with van der Waals surface area (Å²) in [5, 5.41) is 0. The zero-order valence-electron chi connectivity index (χ0n) is 4.06. The average molecular weight is 179 g/mol. The first-order valence-corrected chi connectivity index (χ1v) is 2.44. The Hall–Kier alpha value is 0.340. The van der Waals surface area contributed by atoms with E-state index in [2.05, 4.69) is 4.74 Å². The molecule has 0 fully saturated rings. The highest BCUT2D eigenvalue weighted by Gasteiger charge is 1.98. The van der Waals surface area contributed by atoms with E-state index in [0.29, 0.717) is 0 Å². The molecule has 0 saturated heterocycles. The summed E-state index contributed by atoms with van der Waals surface area (Å²) in [7, 11) is 0. The van der Waals surface area contributed by atoms with Gasteiger partial charge in [0.25, 0.3) is 0 Å². The van der Waals surface area contributed by atoms with Crippen molar-refractivity contribution in [3.05, 3.63) is 0 Å². The molecule has 0 radical (unpaired) electrons. The van der Waals surface area contributed by atoms with Crippen molar-refractivity contribution in [2.24, 2.45) is 0 Å². The predicted octanol–water partition coefficient (Wildman–Crippen LogP) is 2.37. The van der Waals surface area contributed by atoms with Crippen LogP contribution in [0.5, 0.6) is 0 Å². The molecule has 2 nitrogen and oxygen atoms in total. The van der Waals surface area contributed by atoms with Gasteiger partial charge >= 0.3 is 5.43 Å². The number of ether oxygens (including phenoxy) is 1. The predicted molar refractivity (Wildman–Crippen MR) is 34.9 cm³/mol. The Bertz CT molecular complexity index is 72.9. The number of alkyl halides is 1. The fourth-order valence-electron chi connectivity index (χ4n) is 0.128. The molecule has 5 heteroatoms. The summed E-state index contributed by atoms with van der Waals surface area (Å²) < 4.78 is 4.14. The van der Waals surface area contributed by atoms with Gasteiger partial charge in [0.05, 0.1) is 0 Å². The van der Waals surface area contributed by atoms with Crippen LogP contribution in [0.3, 0.4) is 0 Å². The van der Waals surface area contributed by atoms with Crippen molar-refractivity contribution >= 4 is 41.0 Å². The summed E-state index contributed by atoms with van der Waals surface area (Å²) in [5.41, 5.74) is -1.51. The first-order valence-electron chi connectivity index (χ1n) is 1.63. The number of carbonyl (C=O) groups is 1. The van der Waals surface area contributed by atoms with Crippen LogP contribution in [0.2, 0.25) is 0 Å². The van der Waals surface area contributed by atoms with Gasteiger partial charge in [-0.15, -0.1) is 12.4 Å². The van der Waals surface area contributed by atoms with E-state index in [0.717, 1.165) is 0 Å². The van der Waals surface area contributed by atoms with Crippen molar-refractivity contribution in [3.8, 4) is 0 Å². The van der Waals surface area contributed by atoms with Gasteiger partial charge in [-0.05, 0) is 6.92 Å². The highest BCUT2D eigenvalue weighted by atomic mass is 35.5. The van der Waals surface area contributed by atoms with Crippen LogP contribution in [-0.4, -0.2) is 11.0 Å². The van der Waals surface area contributed by atoms with Gasteiger partial charge in [-0.2, -0.15) is 0 Å². The lowest BCUT2D eigenvalue weighted by Crippen LogP contribution is -1.99. The van der Waals surface area contributed by atoms with Crippen LogP contribution in [0.1, 0.15) is 6.92 Å².